The predicted molar refractivity (Wildman–Crippen MR) is 104 cm³/mol. The van der Waals surface area contributed by atoms with Gasteiger partial charge in [0.05, 0.1) is 25.5 Å². The molecule has 8 nitrogen and oxygen atoms in total. The maximum Gasteiger partial charge on any atom is 0.336 e. The van der Waals surface area contributed by atoms with Crippen LogP contribution in [0.1, 0.15) is 25.3 Å². The maximum absolute atomic E-state index is 12.5. The molecule has 1 aliphatic heterocycles. The number of esters is 2. The van der Waals surface area contributed by atoms with Crippen LogP contribution in [0.5, 0.6) is 0 Å². The quantitative estimate of drug-likeness (QED) is 0.604. The minimum atomic E-state index is -0.815. The summed E-state index contributed by atoms with van der Waals surface area (Å²) in [6, 6.07) is 5.92. The SMILES string of the molecule is COC(=O)C1=C(C)N=C(C)C(C(=O)OC)C1c1cccc(N(S)C(N)=O)c1. The van der Waals surface area contributed by atoms with Crippen molar-refractivity contribution in [2.45, 2.75) is 19.8 Å². The Morgan fingerprint density at radius 1 is 1.19 bits per heavy atom. The van der Waals surface area contributed by atoms with Crippen molar-refractivity contribution in [1.29, 1.82) is 0 Å². The van der Waals surface area contributed by atoms with Crippen LogP contribution in [0.15, 0.2) is 40.5 Å². The predicted octanol–water partition coefficient (Wildman–Crippen LogP) is 2.21. The lowest BCUT2D eigenvalue weighted by Crippen LogP contribution is -2.36. The number of urea groups is 1. The summed E-state index contributed by atoms with van der Waals surface area (Å²) in [6.07, 6.45) is 0. The number of hydrogen-bond acceptors (Lipinski definition) is 7. The van der Waals surface area contributed by atoms with E-state index in [9.17, 15) is 14.4 Å². The van der Waals surface area contributed by atoms with Gasteiger partial charge >= 0.3 is 18.0 Å². The second-order valence-electron chi connectivity index (χ2n) is 5.97. The van der Waals surface area contributed by atoms with E-state index in [1.54, 1.807) is 38.1 Å². The molecule has 0 aliphatic carbocycles. The highest BCUT2D eigenvalue weighted by Crippen LogP contribution is 2.41. The number of rotatable bonds is 4. The van der Waals surface area contributed by atoms with Gasteiger partial charge in [0, 0.05) is 17.3 Å². The third-order valence-electron chi connectivity index (χ3n) is 4.37. The van der Waals surface area contributed by atoms with Gasteiger partial charge in [0.1, 0.15) is 5.92 Å². The van der Waals surface area contributed by atoms with Gasteiger partial charge in [-0.05, 0) is 31.5 Å². The summed E-state index contributed by atoms with van der Waals surface area (Å²) >= 11 is 4.06. The number of ether oxygens (including phenoxy) is 2. The van der Waals surface area contributed by atoms with Crippen molar-refractivity contribution in [3.05, 3.63) is 41.1 Å². The van der Waals surface area contributed by atoms with Gasteiger partial charge in [0.2, 0.25) is 0 Å². The first-order chi connectivity index (χ1) is 12.7. The Morgan fingerprint density at radius 2 is 1.85 bits per heavy atom. The Bertz CT molecular complexity index is 849. The fourth-order valence-corrected chi connectivity index (χ4v) is 3.31. The Morgan fingerprint density at radius 3 is 2.41 bits per heavy atom. The van der Waals surface area contributed by atoms with E-state index >= 15 is 0 Å². The van der Waals surface area contributed by atoms with E-state index in [0.717, 1.165) is 4.31 Å². The van der Waals surface area contributed by atoms with Crippen LogP contribution in [0.4, 0.5) is 10.5 Å². The van der Waals surface area contributed by atoms with Crippen molar-refractivity contribution in [3.63, 3.8) is 0 Å². The zero-order valence-corrected chi connectivity index (χ0v) is 16.3. The molecular formula is C18H21N3O5S. The average molecular weight is 391 g/mol. The molecule has 2 amide bonds. The molecule has 2 unspecified atom stereocenters. The second-order valence-corrected chi connectivity index (χ2v) is 6.37. The largest absolute Gasteiger partial charge is 0.468 e. The molecule has 0 saturated carbocycles. The summed E-state index contributed by atoms with van der Waals surface area (Å²) in [7, 11) is 2.53. The third-order valence-corrected chi connectivity index (χ3v) is 4.80. The van der Waals surface area contributed by atoms with Gasteiger partial charge in [-0.3, -0.25) is 9.79 Å². The number of nitrogens with zero attached hydrogens (tertiary/aromatic N) is 2. The summed E-state index contributed by atoms with van der Waals surface area (Å²) < 4.78 is 10.8. The molecule has 1 heterocycles. The van der Waals surface area contributed by atoms with Gasteiger partial charge in [-0.25, -0.2) is 13.9 Å². The number of carbonyl (C=O) groups is 3. The molecule has 2 N–H and O–H groups in total. The number of nitrogens with two attached hydrogens (primary N) is 1. The molecule has 1 aliphatic rings. The standard InChI is InChI=1S/C18H21N3O5S/c1-9-13(16(22)25-3)15(14(10(2)20-9)17(23)26-4)11-6-5-7-12(8-11)21(27)18(19)24/h5-8,13,15,27H,1-4H3,(H2,19,24). The van der Waals surface area contributed by atoms with Crippen molar-refractivity contribution in [2.75, 3.05) is 18.5 Å². The molecule has 9 heteroatoms. The molecule has 144 valence electrons. The summed E-state index contributed by atoms with van der Waals surface area (Å²) in [5.74, 6) is -2.63. The number of primary amides is 1. The lowest BCUT2D eigenvalue weighted by molar-refractivity contribution is -0.143. The summed E-state index contributed by atoms with van der Waals surface area (Å²) in [5.41, 5.74) is 7.48. The molecule has 0 aromatic heterocycles. The van der Waals surface area contributed by atoms with E-state index in [4.69, 9.17) is 15.2 Å². The molecule has 0 radical (unpaired) electrons. The molecule has 27 heavy (non-hydrogen) atoms. The number of carbonyl (C=O) groups excluding carboxylic acids is 3. The fraction of sp³-hybridized carbons (Fsp3) is 0.333. The highest BCUT2D eigenvalue weighted by molar-refractivity contribution is 7.82. The monoisotopic (exact) mass is 391 g/mol. The molecule has 0 bridgehead atoms. The summed E-state index contributed by atoms with van der Waals surface area (Å²) in [6.45, 7) is 3.37. The van der Waals surface area contributed by atoms with E-state index in [2.05, 4.69) is 17.8 Å². The Hall–Kier alpha value is -2.81. The number of amides is 2. The first kappa shape index (κ1) is 20.5. The van der Waals surface area contributed by atoms with E-state index in [0.29, 0.717) is 22.7 Å². The number of thiol groups is 1. The van der Waals surface area contributed by atoms with E-state index in [1.807, 2.05) is 0 Å². The minimum absolute atomic E-state index is 0.250. The second kappa shape index (κ2) is 8.26. The van der Waals surface area contributed by atoms with Crippen molar-refractivity contribution < 1.29 is 23.9 Å². The molecule has 0 saturated heterocycles. The van der Waals surface area contributed by atoms with E-state index < -0.39 is 29.8 Å². The molecule has 2 rings (SSSR count). The van der Waals surface area contributed by atoms with Gasteiger partial charge < -0.3 is 15.2 Å². The Kier molecular flexibility index (Phi) is 6.27. The van der Waals surface area contributed by atoms with Gasteiger partial charge in [0.15, 0.2) is 0 Å². The van der Waals surface area contributed by atoms with Gasteiger partial charge in [-0.2, -0.15) is 0 Å². The average Bonchev–Trinajstić information content (AvgIpc) is 2.65. The topological polar surface area (TPSA) is 111 Å². The highest BCUT2D eigenvalue weighted by atomic mass is 32.1. The highest BCUT2D eigenvalue weighted by Gasteiger charge is 2.42. The number of methoxy groups -OCH3 is 2. The van der Waals surface area contributed by atoms with Crippen LogP contribution >= 0.6 is 12.8 Å². The van der Waals surface area contributed by atoms with Crippen LogP contribution in [-0.4, -0.2) is 37.9 Å². The van der Waals surface area contributed by atoms with Gasteiger partial charge in [-0.1, -0.05) is 24.9 Å². The van der Waals surface area contributed by atoms with Crippen LogP contribution in [0.25, 0.3) is 0 Å². The van der Waals surface area contributed by atoms with Crippen molar-refractivity contribution >= 4 is 42.2 Å². The molecule has 2 atom stereocenters. The van der Waals surface area contributed by atoms with E-state index in [-0.39, 0.29) is 5.57 Å². The van der Waals surface area contributed by atoms with Gasteiger partial charge in [0.25, 0.3) is 0 Å². The van der Waals surface area contributed by atoms with Crippen LogP contribution in [0.3, 0.4) is 0 Å². The van der Waals surface area contributed by atoms with Crippen LogP contribution < -0.4 is 10.0 Å². The van der Waals surface area contributed by atoms with Crippen LogP contribution in [0, 0.1) is 5.92 Å². The molecule has 1 aromatic carbocycles. The van der Waals surface area contributed by atoms with Crippen molar-refractivity contribution in [2.24, 2.45) is 16.6 Å². The van der Waals surface area contributed by atoms with Crippen LogP contribution in [0.2, 0.25) is 0 Å². The van der Waals surface area contributed by atoms with E-state index in [1.165, 1.54) is 14.2 Å². The zero-order chi connectivity index (χ0) is 20.3. The zero-order valence-electron chi connectivity index (χ0n) is 15.4. The van der Waals surface area contributed by atoms with Crippen molar-refractivity contribution in [1.82, 2.24) is 0 Å². The van der Waals surface area contributed by atoms with Crippen LogP contribution in [-0.2, 0) is 19.1 Å². The fourth-order valence-electron chi connectivity index (χ4n) is 3.18. The number of aliphatic imine (C=N–C) groups is 1. The number of benzene rings is 1. The number of hydrogen-bond donors (Lipinski definition) is 2. The molecule has 0 fully saturated rings. The Labute approximate surface area is 162 Å². The molecular weight excluding hydrogens is 370 g/mol. The summed E-state index contributed by atoms with van der Waals surface area (Å²) in [4.78, 5) is 40.7. The molecule has 1 aromatic rings. The number of allylic oxidation sites excluding steroid dienone is 1. The van der Waals surface area contributed by atoms with Gasteiger partial charge in [-0.15, -0.1) is 0 Å². The third kappa shape index (κ3) is 3.97. The first-order valence-electron chi connectivity index (χ1n) is 8.03. The summed E-state index contributed by atoms with van der Waals surface area (Å²) in [5, 5.41) is 0. The Balaban J connectivity index is 2.68. The minimum Gasteiger partial charge on any atom is -0.468 e. The molecule has 0 spiro atoms. The smallest absolute Gasteiger partial charge is 0.336 e. The first-order valence-corrected chi connectivity index (χ1v) is 8.43. The lowest BCUT2D eigenvalue weighted by Gasteiger charge is -2.31. The van der Waals surface area contributed by atoms with Crippen molar-refractivity contribution in [3.8, 4) is 0 Å². The lowest BCUT2D eigenvalue weighted by atomic mass is 9.75. The number of anilines is 1. The normalized spacial score (nSPS) is 19.2. The maximum atomic E-state index is 12.5.